The Morgan fingerprint density at radius 1 is 1.40 bits per heavy atom. The van der Waals surface area contributed by atoms with E-state index in [4.69, 9.17) is 0 Å². The van der Waals surface area contributed by atoms with E-state index < -0.39 is 0 Å². The Bertz CT molecular complexity index is 473. The van der Waals surface area contributed by atoms with Gasteiger partial charge in [0.25, 0.3) is 0 Å². The van der Waals surface area contributed by atoms with E-state index in [0.717, 1.165) is 29.5 Å². The van der Waals surface area contributed by atoms with Crippen molar-refractivity contribution in [1.29, 1.82) is 0 Å². The molecule has 0 spiro atoms. The fraction of sp³-hybridized carbons (Fsp3) is 0.857. The molecule has 1 heterocycles. The van der Waals surface area contributed by atoms with Crippen molar-refractivity contribution in [2.45, 2.75) is 63.6 Å². The Morgan fingerprint density at radius 3 is 2.55 bits per heavy atom. The van der Waals surface area contributed by atoms with Gasteiger partial charge in [0.1, 0.15) is 0 Å². The van der Waals surface area contributed by atoms with Gasteiger partial charge in [-0.25, -0.2) is 9.89 Å². The molecule has 1 aliphatic rings. The number of rotatable bonds is 9. The summed E-state index contributed by atoms with van der Waals surface area (Å²) in [7, 11) is 0. The van der Waals surface area contributed by atoms with Gasteiger partial charge < -0.3 is 0 Å². The lowest BCUT2D eigenvalue weighted by molar-refractivity contribution is 0.318. The van der Waals surface area contributed by atoms with Crippen molar-refractivity contribution in [3.8, 4) is 0 Å². The quantitative estimate of drug-likeness (QED) is 0.541. The molecule has 0 aromatic carbocycles. The summed E-state index contributed by atoms with van der Waals surface area (Å²) in [6.45, 7) is 4.46. The number of H-pyrrole nitrogens is 1. The van der Waals surface area contributed by atoms with Crippen molar-refractivity contribution < 1.29 is 0 Å². The predicted octanol–water partition coefficient (Wildman–Crippen LogP) is 3.51. The fourth-order valence-electron chi connectivity index (χ4n) is 2.80. The van der Waals surface area contributed by atoms with E-state index in [0.29, 0.717) is 6.04 Å². The summed E-state index contributed by atoms with van der Waals surface area (Å²) < 4.78 is 1.84. The van der Waals surface area contributed by atoms with Crippen molar-refractivity contribution >= 4 is 24.4 Å². The standard InChI is InChI=1S/C14H25N3OS2/c1-3-7-14(9-19,8-4-2)10-20-13-16-15-12(18)17(13)11-5-6-11/h11,19H,3-10H2,1-2H3,(H,15,18). The summed E-state index contributed by atoms with van der Waals surface area (Å²) in [5.74, 6) is 1.90. The average Bonchev–Trinajstić information content (AvgIpc) is 3.20. The highest BCUT2D eigenvalue weighted by molar-refractivity contribution is 7.99. The largest absolute Gasteiger partial charge is 0.344 e. The summed E-state index contributed by atoms with van der Waals surface area (Å²) in [5.41, 5.74) is 0.207. The average molecular weight is 316 g/mol. The van der Waals surface area contributed by atoms with Gasteiger partial charge in [0.05, 0.1) is 0 Å². The molecule has 0 unspecified atom stereocenters. The molecule has 0 aliphatic heterocycles. The molecular weight excluding hydrogens is 290 g/mol. The number of thioether (sulfide) groups is 1. The molecular formula is C14H25N3OS2. The lowest BCUT2D eigenvalue weighted by atomic mass is 9.83. The Hall–Kier alpha value is -0.360. The van der Waals surface area contributed by atoms with Crippen LogP contribution in [0.1, 0.15) is 58.4 Å². The van der Waals surface area contributed by atoms with Crippen LogP contribution in [0.2, 0.25) is 0 Å². The number of nitrogens with one attached hydrogen (secondary N) is 1. The van der Waals surface area contributed by atoms with Gasteiger partial charge in [0.2, 0.25) is 0 Å². The van der Waals surface area contributed by atoms with E-state index in [2.05, 4.69) is 36.7 Å². The molecule has 6 heteroatoms. The third-order valence-electron chi connectivity index (χ3n) is 3.99. The first kappa shape index (κ1) is 16.0. The molecule has 114 valence electrons. The molecule has 1 aliphatic carbocycles. The Morgan fingerprint density at radius 2 is 2.05 bits per heavy atom. The molecule has 0 amide bonds. The Balaban J connectivity index is 2.07. The molecule has 4 nitrogen and oxygen atoms in total. The van der Waals surface area contributed by atoms with Crippen LogP contribution in [0.3, 0.4) is 0 Å². The maximum atomic E-state index is 11.8. The van der Waals surface area contributed by atoms with Gasteiger partial charge in [-0.2, -0.15) is 12.6 Å². The van der Waals surface area contributed by atoms with Crippen LogP contribution >= 0.6 is 24.4 Å². The Kier molecular flexibility index (Phi) is 5.66. The molecule has 0 bridgehead atoms. The summed E-state index contributed by atoms with van der Waals surface area (Å²) in [5, 5.41) is 7.65. The van der Waals surface area contributed by atoms with Crippen LogP contribution in [0.25, 0.3) is 0 Å². The third kappa shape index (κ3) is 3.64. The maximum Gasteiger partial charge on any atom is 0.344 e. The first-order valence-corrected chi connectivity index (χ1v) is 9.18. The van der Waals surface area contributed by atoms with Crippen molar-refractivity contribution in [3.63, 3.8) is 0 Å². The van der Waals surface area contributed by atoms with Gasteiger partial charge in [-0.1, -0.05) is 38.5 Å². The first-order chi connectivity index (χ1) is 9.65. The minimum Gasteiger partial charge on any atom is -0.267 e. The van der Waals surface area contributed by atoms with Gasteiger partial charge in [-0.3, -0.25) is 4.57 Å². The van der Waals surface area contributed by atoms with Gasteiger partial charge in [-0.05, 0) is 36.9 Å². The van der Waals surface area contributed by atoms with Gasteiger partial charge in [0.15, 0.2) is 5.16 Å². The van der Waals surface area contributed by atoms with Gasteiger partial charge >= 0.3 is 5.69 Å². The summed E-state index contributed by atoms with van der Waals surface area (Å²) in [6, 6.07) is 0.381. The molecule has 1 saturated carbocycles. The molecule has 1 aromatic heterocycles. The van der Waals surface area contributed by atoms with Crippen LogP contribution in [0.4, 0.5) is 0 Å². The van der Waals surface area contributed by atoms with Crippen LogP contribution in [0, 0.1) is 5.41 Å². The van der Waals surface area contributed by atoms with Crippen LogP contribution in [-0.2, 0) is 0 Å². The second-order valence-electron chi connectivity index (χ2n) is 5.86. The highest BCUT2D eigenvalue weighted by Crippen LogP contribution is 2.40. The molecule has 2 rings (SSSR count). The zero-order valence-electron chi connectivity index (χ0n) is 12.4. The van der Waals surface area contributed by atoms with E-state index >= 15 is 0 Å². The third-order valence-corrected chi connectivity index (χ3v) is 5.96. The summed E-state index contributed by atoms with van der Waals surface area (Å²) >= 11 is 6.31. The topological polar surface area (TPSA) is 50.7 Å². The van der Waals surface area contributed by atoms with Crippen LogP contribution < -0.4 is 5.69 Å². The number of aromatic amines is 1. The fourth-order valence-corrected chi connectivity index (χ4v) is 4.68. The van der Waals surface area contributed by atoms with Crippen molar-refractivity contribution in [1.82, 2.24) is 14.8 Å². The van der Waals surface area contributed by atoms with Gasteiger partial charge in [0, 0.05) is 11.8 Å². The zero-order chi connectivity index (χ0) is 14.6. The maximum absolute atomic E-state index is 11.8. The number of hydrogen-bond donors (Lipinski definition) is 2. The lowest BCUT2D eigenvalue weighted by Gasteiger charge is -2.31. The minimum absolute atomic E-state index is 0.0579. The molecule has 0 radical (unpaired) electrons. The zero-order valence-corrected chi connectivity index (χ0v) is 14.1. The molecule has 1 aromatic rings. The SMILES string of the molecule is CCCC(CS)(CCC)CSc1n[nH]c(=O)n1C1CC1. The normalized spacial score (nSPS) is 15.8. The summed E-state index contributed by atoms with van der Waals surface area (Å²) in [4.78, 5) is 11.8. The molecule has 0 saturated heterocycles. The smallest absolute Gasteiger partial charge is 0.267 e. The second-order valence-corrected chi connectivity index (χ2v) is 7.12. The number of nitrogens with zero attached hydrogens (tertiary/aromatic N) is 2. The number of thiol groups is 1. The Labute approximate surface area is 130 Å². The minimum atomic E-state index is -0.0579. The van der Waals surface area contributed by atoms with Crippen molar-refractivity contribution in [3.05, 3.63) is 10.5 Å². The summed E-state index contributed by atoms with van der Waals surface area (Å²) in [6.07, 6.45) is 6.95. The molecule has 0 atom stereocenters. The van der Waals surface area contributed by atoms with Crippen molar-refractivity contribution in [2.75, 3.05) is 11.5 Å². The number of hydrogen-bond acceptors (Lipinski definition) is 4. The van der Waals surface area contributed by atoms with E-state index in [1.54, 1.807) is 11.8 Å². The van der Waals surface area contributed by atoms with Crippen molar-refractivity contribution in [2.24, 2.45) is 5.41 Å². The molecule has 20 heavy (non-hydrogen) atoms. The lowest BCUT2D eigenvalue weighted by Crippen LogP contribution is -2.26. The van der Waals surface area contributed by atoms with Crippen LogP contribution in [-0.4, -0.2) is 26.3 Å². The first-order valence-electron chi connectivity index (χ1n) is 7.56. The van der Waals surface area contributed by atoms with E-state index in [1.165, 1.54) is 25.7 Å². The highest BCUT2D eigenvalue weighted by Gasteiger charge is 2.31. The van der Waals surface area contributed by atoms with E-state index in [1.807, 2.05) is 4.57 Å². The predicted molar refractivity (Wildman–Crippen MR) is 87.9 cm³/mol. The van der Waals surface area contributed by atoms with Crippen LogP contribution in [0.5, 0.6) is 0 Å². The molecule has 1 fully saturated rings. The monoisotopic (exact) mass is 315 g/mol. The van der Waals surface area contributed by atoms with E-state index in [9.17, 15) is 4.79 Å². The molecule has 1 N–H and O–H groups in total. The van der Waals surface area contributed by atoms with Gasteiger partial charge in [-0.15, -0.1) is 5.10 Å². The van der Waals surface area contributed by atoms with Crippen LogP contribution in [0.15, 0.2) is 9.95 Å². The highest BCUT2D eigenvalue weighted by atomic mass is 32.2. The number of aromatic nitrogens is 3. The second kappa shape index (κ2) is 7.07. The van der Waals surface area contributed by atoms with E-state index in [-0.39, 0.29) is 11.1 Å².